The van der Waals surface area contributed by atoms with Gasteiger partial charge >= 0.3 is 0 Å². The summed E-state index contributed by atoms with van der Waals surface area (Å²) < 4.78 is 1.18. The number of carbonyl (C=O) groups excluding carboxylic acids is 2. The zero-order valence-electron chi connectivity index (χ0n) is 16.3. The normalized spacial score (nSPS) is 20.5. The predicted molar refractivity (Wildman–Crippen MR) is 119 cm³/mol. The monoisotopic (exact) mass is 440 g/mol. The van der Waals surface area contributed by atoms with E-state index in [1.54, 1.807) is 23.5 Å². The van der Waals surface area contributed by atoms with Crippen molar-refractivity contribution in [3.8, 4) is 0 Å². The average molecular weight is 441 g/mol. The molecule has 2 saturated heterocycles. The van der Waals surface area contributed by atoms with Gasteiger partial charge in [0.1, 0.15) is 0 Å². The van der Waals surface area contributed by atoms with Gasteiger partial charge in [0, 0.05) is 31.2 Å². The highest BCUT2D eigenvalue weighted by Gasteiger charge is 2.42. The lowest BCUT2D eigenvalue weighted by molar-refractivity contribution is -0.140. The number of aromatic nitrogens is 1. The molecule has 5 rings (SSSR count). The topological polar surface area (TPSA) is 56.8 Å². The number of imide groups is 1. The second kappa shape index (κ2) is 7.98. The minimum absolute atomic E-state index is 0.0941. The van der Waals surface area contributed by atoms with Crippen molar-refractivity contribution in [1.29, 1.82) is 0 Å². The maximum atomic E-state index is 13.0. The summed E-state index contributed by atoms with van der Waals surface area (Å²) in [4.78, 5) is 36.0. The lowest BCUT2D eigenvalue weighted by atomic mass is 10.2. The molecule has 2 aliphatic heterocycles. The molecule has 3 aromatic rings. The number of hydrogen-bond acceptors (Lipinski definition) is 6. The third-order valence-corrected chi connectivity index (χ3v) is 7.13. The fraction of sp³-hybridized carbons (Fsp3) is 0.318. The number of carbonyl (C=O) groups is 2. The van der Waals surface area contributed by atoms with Gasteiger partial charge in [-0.05, 0) is 29.8 Å². The highest BCUT2D eigenvalue weighted by atomic mass is 35.5. The van der Waals surface area contributed by atoms with Gasteiger partial charge in [-0.25, -0.2) is 4.98 Å². The first-order valence-electron chi connectivity index (χ1n) is 10.0. The van der Waals surface area contributed by atoms with Gasteiger partial charge in [0.25, 0.3) is 0 Å². The van der Waals surface area contributed by atoms with E-state index in [1.165, 1.54) is 9.60 Å². The number of rotatable bonds is 4. The fourth-order valence-electron chi connectivity index (χ4n) is 4.11. The molecule has 8 heteroatoms. The minimum Gasteiger partial charge on any atom is -0.345 e. The highest BCUT2D eigenvalue weighted by molar-refractivity contribution is 7.22. The third-order valence-electron chi connectivity index (χ3n) is 5.78. The second-order valence-corrected chi connectivity index (χ2v) is 9.10. The molecule has 3 heterocycles. The number of hydrogen-bond donors (Lipinski definition) is 0. The average Bonchev–Trinajstić information content (AvgIpc) is 3.32. The minimum atomic E-state index is -0.359. The van der Waals surface area contributed by atoms with Crippen LogP contribution in [-0.2, 0) is 16.1 Å². The smallest absolute Gasteiger partial charge is 0.247 e. The van der Waals surface area contributed by atoms with Crippen LogP contribution in [0.15, 0.2) is 48.5 Å². The molecule has 0 radical (unpaired) electrons. The summed E-state index contributed by atoms with van der Waals surface area (Å²) in [5, 5.41) is 1.66. The van der Waals surface area contributed by atoms with E-state index >= 15 is 0 Å². The summed E-state index contributed by atoms with van der Waals surface area (Å²) in [5.41, 5.74) is 1.93. The van der Waals surface area contributed by atoms with Crippen LogP contribution in [0, 0.1) is 0 Å². The number of likely N-dealkylation sites (tertiary alicyclic amines) is 1. The van der Waals surface area contributed by atoms with Crippen molar-refractivity contribution in [3.05, 3.63) is 59.1 Å². The number of para-hydroxylation sites is 1. The van der Waals surface area contributed by atoms with E-state index in [4.69, 9.17) is 16.6 Å². The van der Waals surface area contributed by atoms with Crippen LogP contribution in [0.3, 0.4) is 0 Å². The Labute approximate surface area is 183 Å². The van der Waals surface area contributed by atoms with Crippen molar-refractivity contribution in [2.75, 3.05) is 31.1 Å². The van der Waals surface area contributed by atoms with Gasteiger partial charge in [-0.3, -0.25) is 19.4 Å². The van der Waals surface area contributed by atoms with Crippen molar-refractivity contribution >= 4 is 50.1 Å². The molecule has 30 heavy (non-hydrogen) atoms. The molecular weight excluding hydrogens is 420 g/mol. The summed E-state index contributed by atoms with van der Waals surface area (Å²) in [5.74, 6) is -0.197. The van der Waals surface area contributed by atoms with Crippen molar-refractivity contribution in [2.24, 2.45) is 0 Å². The van der Waals surface area contributed by atoms with Crippen molar-refractivity contribution in [2.45, 2.75) is 19.0 Å². The van der Waals surface area contributed by atoms with Crippen LogP contribution in [0.1, 0.15) is 12.0 Å². The van der Waals surface area contributed by atoms with Crippen LogP contribution < -0.4 is 4.90 Å². The van der Waals surface area contributed by atoms with E-state index in [0.717, 1.165) is 42.4 Å². The summed E-state index contributed by atoms with van der Waals surface area (Å²) >= 11 is 7.63. The van der Waals surface area contributed by atoms with Crippen LogP contribution in [-0.4, -0.2) is 58.8 Å². The zero-order chi connectivity index (χ0) is 20.7. The highest BCUT2D eigenvalue weighted by Crippen LogP contribution is 2.30. The first-order valence-corrected chi connectivity index (χ1v) is 11.2. The molecule has 0 saturated carbocycles. The quantitative estimate of drug-likeness (QED) is 0.582. The van der Waals surface area contributed by atoms with E-state index in [2.05, 4.69) is 15.9 Å². The Balaban J connectivity index is 1.23. The molecule has 2 fully saturated rings. The van der Waals surface area contributed by atoms with Crippen molar-refractivity contribution in [3.63, 3.8) is 0 Å². The van der Waals surface area contributed by atoms with Gasteiger partial charge in [0.15, 0.2) is 5.13 Å². The lowest BCUT2D eigenvalue weighted by Crippen LogP contribution is -2.52. The number of thiazole rings is 1. The molecule has 2 aliphatic rings. The van der Waals surface area contributed by atoms with E-state index in [-0.39, 0.29) is 24.3 Å². The molecule has 0 aliphatic carbocycles. The van der Waals surface area contributed by atoms with Crippen LogP contribution in [0.5, 0.6) is 0 Å². The summed E-state index contributed by atoms with van der Waals surface area (Å²) in [7, 11) is 0. The molecule has 0 unspecified atom stereocenters. The number of halogens is 1. The molecule has 2 aromatic carbocycles. The maximum absolute atomic E-state index is 13.0. The van der Waals surface area contributed by atoms with Gasteiger partial charge < -0.3 is 4.90 Å². The second-order valence-electron chi connectivity index (χ2n) is 7.65. The Morgan fingerprint density at radius 2 is 1.73 bits per heavy atom. The molecule has 6 nitrogen and oxygen atoms in total. The SMILES string of the molecule is O=C1C[C@H](N2CCN(c3nc4ccccc4s3)CC2)C(=O)N1Cc1ccc(Cl)cc1. The first-order chi connectivity index (χ1) is 14.6. The molecule has 0 spiro atoms. The Hall–Kier alpha value is -2.48. The van der Waals surface area contributed by atoms with Gasteiger partial charge in [0.2, 0.25) is 11.8 Å². The van der Waals surface area contributed by atoms with Gasteiger partial charge in [-0.1, -0.05) is 47.2 Å². The summed E-state index contributed by atoms with van der Waals surface area (Å²) in [6.07, 6.45) is 0.258. The molecule has 0 N–H and O–H groups in total. The largest absolute Gasteiger partial charge is 0.345 e. The maximum Gasteiger partial charge on any atom is 0.247 e. The van der Waals surface area contributed by atoms with Crippen LogP contribution in [0.4, 0.5) is 5.13 Å². The number of anilines is 1. The summed E-state index contributed by atoms with van der Waals surface area (Å²) in [6.45, 7) is 3.39. The Morgan fingerprint density at radius 1 is 1.00 bits per heavy atom. The molecule has 0 bridgehead atoms. The Bertz CT molecular complexity index is 1060. The molecular formula is C22H21ClN4O2S. The van der Waals surface area contributed by atoms with E-state index in [1.807, 2.05) is 30.3 Å². The molecule has 1 atom stereocenters. The fourth-order valence-corrected chi connectivity index (χ4v) is 5.25. The third kappa shape index (κ3) is 3.69. The number of benzene rings is 2. The predicted octanol–water partition coefficient (Wildman–Crippen LogP) is 3.40. The van der Waals surface area contributed by atoms with Gasteiger partial charge in [-0.2, -0.15) is 0 Å². The standard InChI is InChI=1S/C22H21ClN4O2S/c23-16-7-5-15(6-8-16)14-27-20(28)13-18(21(27)29)25-9-11-26(12-10-25)22-24-17-3-1-2-4-19(17)30-22/h1-8,18H,9-14H2/t18-/m0/s1. The number of nitrogens with zero attached hydrogens (tertiary/aromatic N) is 4. The van der Waals surface area contributed by atoms with E-state index < -0.39 is 0 Å². The van der Waals surface area contributed by atoms with Gasteiger partial charge in [0.05, 0.1) is 29.2 Å². The van der Waals surface area contributed by atoms with Crippen molar-refractivity contribution < 1.29 is 9.59 Å². The van der Waals surface area contributed by atoms with Crippen LogP contribution in [0.25, 0.3) is 10.2 Å². The lowest BCUT2D eigenvalue weighted by Gasteiger charge is -2.36. The van der Waals surface area contributed by atoms with Crippen LogP contribution >= 0.6 is 22.9 Å². The first kappa shape index (κ1) is 19.5. The van der Waals surface area contributed by atoms with Gasteiger partial charge in [-0.15, -0.1) is 0 Å². The molecule has 2 amide bonds. The number of piperazine rings is 1. The summed E-state index contributed by atoms with van der Waals surface area (Å²) in [6, 6.07) is 15.1. The zero-order valence-corrected chi connectivity index (χ0v) is 17.9. The van der Waals surface area contributed by atoms with E-state index in [9.17, 15) is 9.59 Å². The number of amides is 2. The number of fused-ring (bicyclic) bond motifs is 1. The Kier molecular flexibility index (Phi) is 5.18. The van der Waals surface area contributed by atoms with Crippen LogP contribution in [0.2, 0.25) is 5.02 Å². The Morgan fingerprint density at radius 3 is 2.47 bits per heavy atom. The molecule has 154 valence electrons. The van der Waals surface area contributed by atoms with E-state index in [0.29, 0.717) is 11.6 Å². The molecule has 1 aromatic heterocycles. The van der Waals surface area contributed by atoms with Crippen molar-refractivity contribution in [1.82, 2.24) is 14.8 Å².